The minimum atomic E-state index is -0.442. The van der Waals surface area contributed by atoms with E-state index in [9.17, 15) is 14.9 Å². The maximum atomic E-state index is 12.1. The number of nitro groups is 1. The molecule has 0 atom stereocenters. The number of hydrogen-bond acceptors (Lipinski definition) is 3. The predicted molar refractivity (Wildman–Crippen MR) is 75.3 cm³/mol. The van der Waals surface area contributed by atoms with Gasteiger partial charge in [0.25, 0.3) is 11.6 Å². The molecule has 0 saturated carbocycles. The molecule has 5 heteroatoms. The van der Waals surface area contributed by atoms with E-state index in [4.69, 9.17) is 0 Å². The summed E-state index contributed by atoms with van der Waals surface area (Å²) in [4.78, 5) is 23.8. The molecule has 0 fully saturated rings. The fraction of sp³-hybridized carbons (Fsp3) is 0.133. The first-order valence-corrected chi connectivity index (χ1v) is 6.12. The number of amides is 1. The van der Waals surface area contributed by atoms with E-state index in [-0.39, 0.29) is 11.6 Å². The first-order chi connectivity index (χ1) is 9.58. The van der Waals surface area contributed by atoms with E-state index in [1.165, 1.54) is 12.1 Å². The van der Waals surface area contributed by atoms with Crippen LogP contribution in [0.3, 0.4) is 0 Å². The molecule has 1 amide bonds. The average Bonchev–Trinajstić information content (AvgIpc) is 2.48. The Hall–Kier alpha value is -2.69. The highest BCUT2D eigenvalue weighted by molar-refractivity contribution is 5.93. The maximum Gasteiger partial charge on any atom is 0.269 e. The van der Waals surface area contributed by atoms with Crippen LogP contribution >= 0.6 is 0 Å². The van der Waals surface area contributed by atoms with Gasteiger partial charge < -0.3 is 4.90 Å². The maximum absolute atomic E-state index is 12.1. The highest BCUT2D eigenvalue weighted by Gasteiger charge is 2.12. The zero-order valence-electron chi connectivity index (χ0n) is 11.0. The third kappa shape index (κ3) is 3.20. The number of rotatable bonds is 4. The van der Waals surface area contributed by atoms with Crippen LogP contribution in [0.2, 0.25) is 0 Å². The average molecular weight is 270 g/mol. The topological polar surface area (TPSA) is 63.4 Å². The molecule has 0 N–H and O–H groups in total. The largest absolute Gasteiger partial charge is 0.337 e. The standard InChI is InChI=1S/C15H14N2O3/c1-16(15(18)13-5-3-2-4-6-13)11-12-7-9-14(10-8-12)17(19)20/h2-10H,11H2,1H3. The van der Waals surface area contributed by atoms with Crippen LogP contribution < -0.4 is 0 Å². The lowest BCUT2D eigenvalue weighted by atomic mass is 10.1. The van der Waals surface area contributed by atoms with Gasteiger partial charge in [-0.15, -0.1) is 0 Å². The van der Waals surface area contributed by atoms with Crippen LogP contribution in [-0.4, -0.2) is 22.8 Å². The Kier molecular flexibility index (Phi) is 4.10. The summed E-state index contributed by atoms with van der Waals surface area (Å²) in [5.74, 6) is -0.0797. The molecule has 0 spiro atoms. The van der Waals surface area contributed by atoms with Crippen molar-refractivity contribution in [3.05, 3.63) is 75.8 Å². The van der Waals surface area contributed by atoms with Gasteiger partial charge in [-0.1, -0.05) is 30.3 Å². The quantitative estimate of drug-likeness (QED) is 0.634. The first-order valence-electron chi connectivity index (χ1n) is 6.12. The number of benzene rings is 2. The molecular weight excluding hydrogens is 256 g/mol. The van der Waals surface area contributed by atoms with Gasteiger partial charge in [-0.25, -0.2) is 0 Å². The van der Waals surface area contributed by atoms with E-state index >= 15 is 0 Å². The summed E-state index contributed by atoms with van der Waals surface area (Å²) in [6.45, 7) is 0.408. The fourth-order valence-corrected chi connectivity index (χ4v) is 1.87. The van der Waals surface area contributed by atoms with E-state index in [2.05, 4.69) is 0 Å². The number of carbonyl (C=O) groups excluding carboxylic acids is 1. The van der Waals surface area contributed by atoms with Gasteiger partial charge in [0.05, 0.1) is 4.92 Å². The van der Waals surface area contributed by atoms with Gasteiger partial charge in [-0.3, -0.25) is 14.9 Å². The zero-order chi connectivity index (χ0) is 14.5. The van der Waals surface area contributed by atoms with Crippen molar-refractivity contribution in [3.63, 3.8) is 0 Å². The summed E-state index contributed by atoms with van der Waals surface area (Å²) in [5.41, 5.74) is 1.52. The van der Waals surface area contributed by atoms with Crippen molar-refractivity contribution in [2.24, 2.45) is 0 Å². The lowest BCUT2D eigenvalue weighted by Crippen LogP contribution is -2.26. The number of nitrogens with zero attached hydrogens (tertiary/aromatic N) is 2. The van der Waals surface area contributed by atoms with E-state index in [0.29, 0.717) is 12.1 Å². The molecule has 2 aromatic carbocycles. The highest BCUT2D eigenvalue weighted by atomic mass is 16.6. The molecule has 0 aromatic heterocycles. The third-order valence-corrected chi connectivity index (χ3v) is 2.93. The third-order valence-electron chi connectivity index (χ3n) is 2.93. The van der Waals surface area contributed by atoms with Crippen LogP contribution in [0.1, 0.15) is 15.9 Å². The molecule has 20 heavy (non-hydrogen) atoms. The molecule has 0 bridgehead atoms. The van der Waals surface area contributed by atoms with Crippen molar-refractivity contribution >= 4 is 11.6 Å². The minimum absolute atomic E-state index is 0.0470. The van der Waals surface area contributed by atoms with Crippen molar-refractivity contribution in [2.75, 3.05) is 7.05 Å². The van der Waals surface area contributed by atoms with E-state index in [1.54, 1.807) is 36.2 Å². The van der Waals surface area contributed by atoms with Crippen molar-refractivity contribution in [2.45, 2.75) is 6.54 Å². The van der Waals surface area contributed by atoms with E-state index in [1.807, 2.05) is 18.2 Å². The molecule has 0 heterocycles. The molecule has 5 nitrogen and oxygen atoms in total. The Balaban J connectivity index is 2.06. The zero-order valence-corrected chi connectivity index (χ0v) is 11.0. The minimum Gasteiger partial charge on any atom is -0.337 e. The van der Waals surface area contributed by atoms with Crippen LogP contribution in [0.25, 0.3) is 0 Å². The monoisotopic (exact) mass is 270 g/mol. The summed E-state index contributed by atoms with van der Waals surface area (Å²) in [7, 11) is 1.71. The van der Waals surface area contributed by atoms with Crippen molar-refractivity contribution in [1.82, 2.24) is 4.90 Å². The lowest BCUT2D eigenvalue weighted by Gasteiger charge is -2.17. The molecule has 2 rings (SSSR count). The van der Waals surface area contributed by atoms with Crippen LogP contribution in [0, 0.1) is 10.1 Å². The molecule has 0 aliphatic carbocycles. The molecule has 0 unspecified atom stereocenters. The van der Waals surface area contributed by atoms with Crippen LogP contribution in [-0.2, 0) is 6.54 Å². The van der Waals surface area contributed by atoms with Gasteiger partial charge in [-0.2, -0.15) is 0 Å². The predicted octanol–water partition coefficient (Wildman–Crippen LogP) is 2.87. The molecule has 0 radical (unpaired) electrons. The highest BCUT2D eigenvalue weighted by Crippen LogP contribution is 2.14. The fourth-order valence-electron chi connectivity index (χ4n) is 1.87. The van der Waals surface area contributed by atoms with Crippen LogP contribution in [0.4, 0.5) is 5.69 Å². The normalized spacial score (nSPS) is 10.1. The van der Waals surface area contributed by atoms with Gasteiger partial charge in [0.15, 0.2) is 0 Å². The van der Waals surface area contributed by atoms with Crippen LogP contribution in [0.15, 0.2) is 54.6 Å². The van der Waals surface area contributed by atoms with E-state index in [0.717, 1.165) is 5.56 Å². The Bertz CT molecular complexity index is 609. The molecule has 0 aliphatic heterocycles. The van der Waals surface area contributed by atoms with Crippen molar-refractivity contribution < 1.29 is 9.72 Å². The number of carbonyl (C=O) groups is 1. The summed E-state index contributed by atoms with van der Waals surface area (Å²) >= 11 is 0. The lowest BCUT2D eigenvalue weighted by molar-refractivity contribution is -0.384. The molecule has 0 saturated heterocycles. The Labute approximate surface area is 116 Å². The van der Waals surface area contributed by atoms with Crippen LogP contribution in [0.5, 0.6) is 0 Å². The SMILES string of the molecule is CN(Cc1ccc([N+](=O)[O-])cc1)C(=O)c1ccccc1. The Morgan fingerprint density at radius 2 is 1.70 bits per heavy atom. The van der Waals surface area contributed by atoms with Gasteiger partial charge in [0, 0.05) is 31.3 Å². The summed E-state index contributed by atoms with van der Waals surface area (Å²) in [5, 5.41) is 10.6. The molecule has 0 aliphatic rings. The summed E-state index contributed by atoms with van der Waals surface area (Å²) in [6, 6.07) is 15.2. The second-order valence-electron chi connectivity index (χ2n) is 4.45. The van der Waals surface area contributed by atoms with E-state index < -0.39 is 4.92 Å². The van der Waals surface area contributed by atoms with Gasteiger partial charge in [0.2, 0.25) is 0 Å². The van der Waals surface area contributed by atoms with Gasteiger partial charge in [0.1, 0.15) is 0 Å². The van der Waals surface area contributed by atoms with Gasteiger partial charge >= 0.3 is 0 Å². The smallest absolute Gasteiger partial charge is 0.269 e. The Morgan fingerprint density at radius 3 is 2.25 bits per heavy atom. The summed E-state index contributed by atoms with van der Waals surface area (Å²) < 4.78 is 0. The van der Waals surface area contributed by atoms with Crippen molar-refractivity contribution in [3.8, 4) is 0 Å². The second kappa shape index (κ2) is 5.97. The first kappa shape index (κ1) is 13.7. The van der Waals surface area contributed by atoms with Gasteiger partial charge in [-0.05, 0) is 17.7 Å². The summed E-state index contributed by atoms with van der Waals surface area (Å²) in [6.07, 6.45) is 0. The molecular formula is C15H14N2O3. The number of nitro benzene ring substituents is 1. The molecule has 2 aromatic rings. The second-order valence-corrected chi connectivity index (χ2v) is 4.45. The number of hydrogen-bond donors (Lipinski definition) is 0. The Morgan fingerprint density at radius 1 is 1.10 bits per heavy atom. The number of non-ortho nitro benzene ring substituents is 1. The molecule has 102 valence electrons. The van der Waals surface area contributed by atoms with Crippen molar-refractivity contribution in [1.29, 1.82) is 0 Å².